The number of rotatable bonds is 9. The molecule has 0 aliphatic heterocycles. The van der Waals surface area contributed by atoms with E-state index in [0.717, 1.165) is 29.0 Å². The molecule has 3 aromatic carbocycles. The molecule has 0 saturated heterocycles. The Hall–Kier alpha value is -2.04. The molecule has 3 aromatic rings. The van der Waals surface area contributed by atoms with Crippen molar-refractivity contribution in [3.63, 3.8) is 0 Å². The van der Waals surface area contributed by atoms with Crippen LogP contribution in [0.1, 0.15) is 61.6 Å². The van der Waals surface area contributed by atoms with Gasteiger partial charge in [-0.1, -0.05) is 123 Å². The van der Waals surface area contributed by atoms with Crippen molar-refractivity contribution >= 4 is 0 Å². The van der Waals surface area contributed by atoms with E-state index in [1.807, 2.05) is 0 Å². The molecule has 1 aliphatic carbocycles. The van der Waals surface area contributed by atoms with Gasteiger partial charge in [-0.05, 0) is 35.4 Å². The van der Waals surface area contributed by atoms with Crippen LogP contribution in [-0.2, 0) is 10.3 Å². The van der Waals surface area contributed by atoms with Crippen LogP contribution in [0.2, 0.25) is 0 Å². The minimum absolute atomic E-state index is 0. The van der Waals surface area contributed by atoms with E-state index in [1.165, 1.54) is 38.5 Å². The SMILES string of the molecule is [CH-]=CC(CCC1CCCCC1)OC(c1ccccc1)(c1ccccc1)c1ccccc1.[Li+]. The summed E-state index contributed by atoms with van der Waals surface area (Å²) in [4.78, 5) is 0. The van der Waals surface area contributed by atoms with Crippen LogP contribution in [0.4, 0.5) is 0 Å². The van der Waals surface area contributed by atoms with Gasteiger partial charge < -0.3 is 11.3 Å². The van der Waals surface area contributed by atoms with Crippen LogP contribution < -0.4 is 18.9 Å². The molecular weight excluding hydrogens is 383 g/mol. The Kier molecular flexibility index (Phi) is 9.43. The van der Waals surface area contributed by atoms with Crippen molar-refractivity contribution < 1.29 is 23.6 Å². The van der Waals surface area contributed by atoms with Crippen LogP contribution in [0.3, 0.4) is 0 Å². The zero-order valence-corrected chi connectivity index (χ0v) is 19.3. The van der Waals surface area contributed by atoms with E-state index >= 15 is 0 Å². The van der Waals surface area contributed by atoms with Gasteiger partial charge in [-0.3, -0.25) is 0 Å². The molecule has 0 bridgehead atoms. The molecule has 4 rings (SSSR count). The Balaban J connectivity index is 0.00000289. The summed E-state index contributed by atoms with van der Waals surface area (Å²) < 4.78 is 7.06. The number of hydrogen-bond donors (Lipinski definition) is 0. The summed E-state index contributed by atoms with van der Waals surface area (Å²) in [5, 5.41) is 0. The predicted octanol–water partition coefficient (Wildman–Crippen LogP) is 4.72. The third-order valence-corrected chi connectivity index (χ3v) is 6.67. The van der Waals surface area contributed by atoms with Crippen LogP contribution in [0.5, 0.6) is 0 Å². The predicted molar refractivity (Wildman–Crippen MR) is 129 cm³/mol. The number of ether oxygens (including phenoxy) is 1. The molecule has 32 heavy (non-hydrogen) atoms. The number of benzene rings is 3. The molecule has 2 heteroatoms. The largest absolute Gasteiger partial charge is 1.00 e. The molecule has 1 aliphatic rings. The molecule has 0 N–H and O–H groups in total. The molecule has 0 heterocycles. The fourth-order valence-electron chi connectivity index (χ4n) is 5.02. The van der Waals surface area contributed by atoms with Crippen LogP contribution in [0, 0.1) is 12.5 Å². The number of hydrogen-bond acceptors (Lipinski definition) is 1. The van der Waals surface area contributed by atoms with Crippen molar-refractivity contribution in [1.82, 2.24) is 0 Å². The van der Waals surface area contributed by atoms with Gasteiger partial charge in [0.1, 0.15) is 5.60 Å². The van der Waals surface area contributed by atoms with Crippen LogP contribution in [0.25, 0.3) is 0 Å². The Labute approximate surface area is 206 Å². The van der Waals surface area contributed by atoms with E-state index in [4.69, 9.17) is 11.3 Å². The van der Waals surface area contributed by atoms with Gasteiger partial charge in [0.15, 0.2) is 0 Å². The Bertz CT molecular complexity index is 820. The van der Waals surface area contributed by atoms with E-state index in [9.17, 15) is 0 Å². The second kappa shape index (κ2) is 12.3. The van der Waals surface area contributed by atoms with Crippen molar-refractivity contribution in [2.45, 2.75) is 56.7 Å². The molecule has 1 atom stereocenters. The zero-order chi connectivity index (χ0) is 21.4. The summed E-state index contributed by atoms with van der Waals surface area (Å²) >= 11 is 0. The first-order valence-electron chi connectivity index (χ1n) is 11.7. The van der Waals surface area contributed by atoms with Crippen molar-refractivity contribution in [3.8, 4) is 0 Å². The fraction of sp³-hybridized carbons (Fsp3) is 0.333. The molecule has 0 aromatic heterocycles. The van der Waals surface area contributed by atoms with Gasteiger partial charge >= 0.3 is 18.9 Å². The average molecular weight is 417 g/mol. The van der Waals surface area contributed by atoms with E-state index in [-0.39, 0.29) is 25.0 Å². The molecule has 1 saturated carbocycles. The maximum absolute atomic E-state index is 7.06. The second-order valence-electron chi connectivity index (χ2n) is 8.71. The monoisotopic (exact) mass is 416 g/mol. The van der Waals surface area contributed by atoms with Gasteiger partial charge in [-0.15, -0.1) is 0 Å². The van der Waals surface area contributed by atoms with Crippen LogP contribution in [0.15, 0.2) is 97.1 Å². The quantitative estimate of drug-likeness (QED) is 0.279. The summed E-state index contributed by atoms with van der Waals surface area (Å²) in [7, 11) is 0. The first-order chi connectivity index (χ1) is 15.3. The molecule has 160 valence electrons. The first kappa shape index (κ1) is 24.6. The van der Waals surface area contributed by atoms with Crippen molar-refractivity contribution in [1.29, 1.82) is 0 Å². The van der Waals surface area contributed by atoms with Crippen molar-refractivity contribution in [2.24, 2.45) is 5.92 Å². The summed E-state index contributed by atoms with van der Waals surface area (Å²) in [5.41, 5.74) is 2.66. The van der Waals surface area contributed by atoms with Gasteiger partial charge in [0.25, 0.3) is 0 Å². The van der Waals surface area contributed by atoms with Gasteiger partial charge in [-0.2, -0.15) is 0 Å². The standard InChI is InChI=1S/C30H33O.Li/c1-2-29(24-23-25-15-7-3-8-16-25)31-30(26-17-9-4-10-18-26,27-19-11-5-12-20-27)28-21-13-6-14-22-28;/h1-2,4-6,9-14,17-22,25,29H,3,7-8,15-16,23-24H2;/q-1;+1. The second-order valence-corrected chi connectivity index (χ2v) is 8.71. The van der Waals surface area contributed by atoms with Gasteiger partial charge in [-0.25, -0.2) is 6.08 Å². The summed E-state index contributed by atoms with van der Waals surface area (Å²) in [6, 6.07) is 31.6. The fourth-order valence-corrected chi connectivity index (χ4v) is 5.02. The maximum atomic E-state index is 7.06. The van der Waals surface area contributed by atoms with E-state index in [1.54, 1.807) is 6.08 Å². The summed E-state index contributed by atoms with van der Waals surface area (Å²) in [5.74, 6) is 0.805. The molecule has 1 fully saturated rings. The normalized spacial score (nSPS) is 15.5. The molecule has 1 unspecified atom stereocenters. The molecule has 0 amide bonds. The van der Waals surface area contributed by atoms with Crippen molar-refractivity contribution in [3.05, 3.63) is 120 Å². The van der Waals surface area contributed by atoms with Gasteiger partial charge in [0.2, 0.25) is 0 Å². The van der Waals surface area contributed by atoms with E-state index < -0.39 is 5.60 Å². The summed E-state index contributed by atoms with van der Waals surface area (Å²) in [6.07, 6.45) is 10.6. The van der Waals surface area contributed by atoms with Gasteiger partial charge in [0, 0.05) is 6.10 Å². The Morgan fingerprint density at radius 1 is 0.750 bits per heavy atom. The Morgan fingerprint density at radius 3 is 1.59 bits per heavy atom. The van der Waals surface area contributed by atoms with Gasteiger partial charge in [0.05, 0.1) is 0 Å². The summed E-state index contributed by atoms with van der Waals surface area (Å²) in [6.45, 7) is 6.18. The Morgan fingerprint density at radius 2 is 1.19 bits per heavy atom. The van der Waals surface area contributed by atoms with Crippen molar-refractivity contribution in [2.75, 3.05) is 0 Å². The molecule has 0 spiro atoms. The topological polar surface area (TPSA) is 9.23 Å². The van der Waals surface area contributed by atoms with Crippen LogP contribution >= 0.6 is 0 Å². The maximum Gasteiger partial charge on any atom is 1.00 e. The first-order valence-corrected chi connectivity index (χ1v) is 11.7. The molecular formula is C30H33LiO. The molecule has 0 radical (unpaired) electrons. The minimum Gasteiger partial charge on any atom is -0.515 e. The zero-order valence-electron chi connectivity index (χ0n) is 19.3. The van der Waals surface area contributed by atoms with E-state index in [2.05, 4.69) is 91.0 Å². The minimum atomic E-state index is -0.711. The third-order valence-electron chi connectivity index (χ3n) is 6.67. The van der Waals surface area contributed by atoms with E-state index in [0.29, 0.717) is 0 Å². The molecule has 1 nitrogen and oxygen atoms in total. The average Bonchev–Trinajstić information content (AvgIpc) is 2.87. The third kappa shape index (κ3) is 5.65. The van der Waals surface area contributed by atoms with Crippen LogP contribution in [-0.4, -0.2) is 6.10 Å². The smallest absolute Gasteiger partial charge is 0.515 e.